The molecule has 1 aliphatic carbocycles. The van der Waals surface area contributed by atoms with E-state index in [0.29, 0.717) is 11.9 Å². The number of benzene rings is 1. The van der Waals surface area contributed by atoms with Crippen LogP contribution in [0.1, 0.15) is 49.3 Å². The zero-order valence-corrected chi connectivity index (χ0v) is 16.6. The van der Waals surface area contributed by atoms with Crippen LogP contribution >= 0.6 is 0 Å². The number of hydrogen-bond acceptors (Lipinski definition) is 4. The van der Waals surface area contributed by atoms with Crippen molar-refractivity contribution in [3.8, 4) is 0 Å². The van der Waals surface area contributed by atoms with Crippen molar-refractivity contribution in [2.75, 3.05) is 24.5 Å². The van der Waals surface area contributed by atoms with Crippen LogP contribution in [0.4, 0.5) is 5.95 Å². The van der Waals surface area contributed by atoms with Crippen molar-refractivity contribution in [1.29, 1.82) is 0 Å². The van der Waals surface area contributed by atoms with Crippen LogP contribution in [0.5, 0.6) is 0 Å². The number of amides is 1. The first-order valence-corrected chi connectivity index (χ1v) is 10.5. The zero-order valence-electron chi connectivity index (χ0n) is 16.6. The molecule has 1 amide bonds. The maximum atomic E-state index is 13.3. The summed E-state index contributed by atoms with van der Waals surface area (Å²) in [5.74, 6) is 1.21. The number of hydrogen-bond donors (Lipinski definition) is 0. The number of nitrogens with zero attached hydrogens (tertiary/aromatic N) is 4. The first-order chi connectivity index (χ1) is 13.6. The summed E-state index contributed by atoms with van der Waals surface area (Å²) in [6.07, 6.45) is 7.37. The summed E-state index contributed by atoms with van der Waals surface area (Å²) in [6, 6.07) is 12.8. The Labute approximate surface area is 166 Å². The minimum Gasteiger partial charge on any atom is -0.341 e. The van der Waals surface area contributed by atoms with E-state index < -0.39 is 0 Å². The highest BCUT2D eigenvalue weighted by Crippen LogP contribution is 2.48. The summed E-state index contributed by atoms with van der Waals surface area (Å²) < 4.78 is 0. The molecule has 2 saturated heterocycles. The minimum absolute atomic E-state index is 0.0114. The molecule has 5 heteroatoms. The molecule has 1 atom stereocenters. The van der Waals surface area contributed by atoms with Crippen LogP contribution in [0.2, 0.25) is 0 Å². The van der Waals surface area contributed by atoms with Crippen LogP contribution in [0.3, 0.4) is 0 Å². The topological polar surface area (TPSA) is 49.3 Å². The Morgan fingerprint density at radius 3 is 2.50 bits per heavy atom. The summed E-state index contributed by atoms with van der Waals surface area (Å²) in [5.41, 5.74) is 2.41. The number of carbonyl (C=O) groups is 1. The molecule has 3 fully saturated rings. The molecular formula is C23H28N4O. The zero-order chi connectivity index (χ0) is 19.1. The summed E-state index contributed by atoms with van der Waals surface area (Å²) in [7, 11) is 0. The molecule has 2 aliphatic heterocycles. The number of piperidine rings is 2. The molecule has 1 aromatic heterocycles. The highest BCUT2D eigenvalue weighted by Gasteiger charge is 2.49. The van der Waals surface area contributed by atoms with Gasteiger partial charge in [-0.3, -0.25) is 4.79 Å². The molecule has 28 heavy (non-hydrogen) atoms. The maximum absolute atomic E-state index is 13.3. The maximum Gasteiger partial charge on any atom is 0.230 e. The van der Waals surface area contributed by atoms with E-state index in [1.807, 2.05) is 25.3 Å². The highest BCUT2D eigenvalue weighted by atomic mass is 16.2. The van der Waals surface area contributed by atoms with Gasteiger partial charge in [0.05, 0.1) is 5.92 Å². The number of aryl methyl sites for hydroxylation is 1. The second kappa shape index (κ2) is 6.87. The Morgan fingerprint density at radius 2 is 1.82 bits per heavy atom. The smallest absolute Gasteiger partial charge is 0.230 e. The van der Waals surface area contributed by atoms with Crippen LogP contribution < -0.4 is 4.90 Å². The molecular weight excluding hydrogens is 348 g/mol. The Kier molecular flexibility index (Phi) is 4.33. The van der Waals surface area contributed by atoms with Crippen LogP contribution in [-0.2, 0) is 4.79 Å². The fourth-order valence-electron chi connectivity index (χ4n) is 5.00. The van der Waals surface area contributed by atoms with Crippen molar-refractivity contribution in [3.05, 3.63) is 53.9 Å². The van der Waals surface area contributed by atoms with Gasteiger partial charge in [0.15, 0.2) is 0 Å². The summed E-state index contributed by atoms with van der Waals surface area (Å²) in [5, 5.41) is 0. The van der Waals surface area contributed by atoms with E-state index in [1.165, 1.54) is 18.4 Å². The lowest BCUT2D eigenvalue weighted by Gasteiger charge is -2.50. The Bertz CT molecular complexity index is 856. The Balaban J connectivity index is 1.37. The predicted octanol–water partition coefficient (Wildman–Crippen LogP) is 3.55. The van der Waals surface area contributed by atoms with Crippen molar-refractivity contribution in [3.63, 3.8) is 0 Å². The van der Waals surface area contributed by atoms with Gasteiger partial charge in [-0.1, -0.05) is 30.3 Å². The van der Waals surface area contributed by atoms with E-state index in [2.05, 4.69) is 44.0 Å². The molecule has 0 bridgehead atoms. The molecule has 1 unspecified atom stereocenters. The molecule has 3 aliphatic rings. The van der Waals surface area contributed by atoms with Crippen molar-refractivity contribution >= 4 is 11.9 Å². The summed E-state index contributed by atoms with van der Waals surface area (Å²) in [6.45, 7) is 4.89. The van der Waals surface area contributed by atoms with Gasteiger partial charge in [0.1, 0.15) is 0 Å². The van der Waals surface area contributed by atoms with E-state index >= 15 is 0 Å². The first-order valence-electron chi connectivity index (χ1n) is 10.5. The quantitative estimate of drug-likeness (QED) is 0.822. The number of likely N-dealkylation sites (tertiary alicyclic amines) is 1. The van der Waals surface area contributed by atoms with Gasteiger partial charge >= 0.3 is 0 Å². The number of carbonyl (C=O) groups excluding carboxylic acids is 1. The fourth-order valence-corrected chi connectivity index (χ4v) is 5.00. The minimum atomic E-state index is 0.0114. The SMILES string of the molecule is Cc1ccnc(N2CCC3(CC2)CC(c2ccccc2)C(=O)N(C2CC2)C3)n1. The van der Waals surface area contributed by atoms with Gasteiger partial charge < -0.3 is 9.80 Å². The molecule has 2 aromatic rings. The lowest BCUT2D eigenvalue weighted by Crippen LogP contribution is -2.54. The van der Waals surface area contributed by atoms with E-state index in [0.717, 1.165) is 50.5 Å². The second-order valence-corrected chi connectivity index (χ2v) is 8.85. The third-order valence-corrected chi connectivity index (χ3v) is 6.80. The molecule has 146 valence electrons. The van der Waals surface area contributed by atoms with Crippen molar-refractivity contribution in [2.45, 2.75) is 51.0 Å². The van der Waals surface area contributed by atoms with Gasteiger partial charge in [-0.25, -0.2) is 9.97 Å². The van der Waals surface area contributed by atoms with E-state index in [4.69, 9.17) is 0 Å². The van der Waals surface area contributed by atoms with Crippen LogP contribution in [0.25, 0.3) is 0 Å². The third kappa shape index (κ3) is 3.27. The van der Waals surface area contributed by atoms with Crippen LogP contribution in [-0.4, -0.2) is 46.5 Å². The molecule has 1 saturated carbocycles. The van der Waals surface area contributed by atoms with Gasteiger partial charge in [0.2, 0.25) is 11.9 Å². The molecule has 5 rings (SSSR count). The summed E-state index contributed by atoms with van der Waals surface area (Å²) in [4.78, 5) is 26.9. The second-order valence-electron chi connectivity index (χ2n) is 8.85. The molecule has 3 heterocycles. The lowest BCUT2D eigenvalue weighted by molar-refractivity contribution is -0.141. The average molecular weight is 377 g/mol. The van der Waals surface area contributed by atoms with Gasteiger partial charge in [-0.15, -0.1) is 0 Å². The monoisotopic (exact) mass is 376 g/mol. The standard InChI is InChI=1S/C23H28N4O/c1-17-9-12-24-22(25-17)26-13-10-23(11-14-26)15-20(18-5-3-2-4-6-18)21(28)27(16-23)19-7-8-19/h2-6,9,12,19-20H,7-8,10-11,13-16H2,1H3. The Hall–Kier alpha value is -2.43. The van der Waals surface area contributed by atoms with E-state index in [1.54, 1.807) is 0 Å². The van der Waals surface area contributed by atoms with Crippen LogP contribution in [0, 0.1) is 12.3 Å². The van der Waals surface area contributed by atoms with Gasteiger partial charge in [0.25, 0.3) is 0 Å². The van der Waals surface area contributed by atoms with E-state index in [-0.39, 0.29) is 11.3 Å². The predicted molar refractivity (Wildman–Crippen MR) is 109 cm³/mol. The average Bonchev–Trinajstić information content (AvgIpc) is 3.56. The third-order valence-electron chi connectivity index (χ3n) is 6.80. The molecule has 1 spiro atoms. The number of aromatic nitrogens is 2. The largest absolute Gasteiger partial charge is 0.341 e. The number of anilines is 1. The fraction of sp³-hybridized carbons (Fsp3) is 0.522. The highest BCUT2D eigenvalue weighted by molar-refractivity contribution is 5.85. The number of rotatable bonds is 3. The summed E-state index contributed by atoms with van der Waals surface area (Å²) >= 11 is 0. The van der Waals surface area contributed by atoms with Crippen LogP contribution in [0.15, 0.2) is 42.6 Å². The van der Waals surface area contributed by atoms with Crippen molar-refractivity contribution < 1.29 is 4.79 Å². The van der Waals surface area contributed by atoms with Crippen molar-refractivity contribution in [1.82, 2.24) is 14.9 Å². The molecule has 5 nitrogen and oxygen atoms in total. The van der Waals surface area contributed by atoms with Gasteiger partial charge in [-0.05, 0) is 56.1 Å². The molecule has 0 radical (unpaired) electrons. The van der Waals surface area contributed by atoms with Gasteiger partial charge in [0, 0.05) is 37.6 Å². The molecule has 0 N–H and O–H groups in total. The van der Waals surface area contributed by atoms with Crippen molar-refractivity contribution in [2.24, 2.45) is 5.41 Å². The lowest BCUT2D eigenvalue weighted by atomic mass is 9.67. The van der Waals surface area contributed by atoms with Gasteiger partial charge in [-0.2, -0.15) is 0 Å². The van der Waals surface area contributed by atoms with E-state index in [9.17, 15) is 4.79 Å². The first kappa shape index (κ1) is 17.7. The normalized spacial score (nSPS) is 24.6. The molecule has 1 aromatic carbocycles. The Morgan fingerprint density at radius 1 is 1.07 bits per heavy atom.